The average Bonchev–Trinajstić information content (AvgIpc) is 2.84. The van der Waals surface area contributed by atoms with Crippen LogP contribution in [0.1, 0.15) is 18.2 Å². The van der Waals surface area contributed by atoms with Crippen LogP contribution in [-0.2, 0) is 24.4 Å². The topological polar surface area (TPSA) is 64.4 Å². The highest BCUT2D eigenvalue weighted by Crippen LogP contribution is 2.19. The fourth-order valence-electron chi connectivity index (χ4n) is 1.86. The van der Waals surface area contributed by atoms with E-state index in [9.17, 15) is 4.79 Å². The zero-order valence-electron chi connectivity index (χ0n) is 10.7. The Balaban J connectivity index is 2.09. The van der Waals surface area contributed by atoms with Crippen LogP contribution >= 0.6 is 0 Å². The first-order valence-corrected chi connectivity index (χ1v) is 6.12. The number of hydrogen-bond acceptors (Lipinski definition) is 3. The number of aliphatic carboxylic acids is 1. The van der Waals surface area contributed by atoms with Gasteiger partial charge in [0, 0.05) is 12.1 Å². The van der Waals surface area contributed by atoms with E-state index in [-0.39, 0.29) is 6.42 Å². The summed E-state index contributed by atoms with van der Waals surface area (Å²) in [5, 5.41) is 8.86. The van der Waals surface area contributed by atoms with E-state index in [2.05, 4.69) is 4.98 Å². The van der Waals surface area contributed by atoms with Crippen LogP contribution in [0, 0.1) is 0 Å². The van der Waals surface area contributed by atoms with Gasteiger partial charge in [-0.25, -0.2) is 4.98 Å². The molecular formula is C14H16N2O3. The number of aromatic nitrogens is 2. The van der Waals surface area contributed by atoms with Crippen LogP contribution in [0.15, 0.2) is 36.8 Å². The monoisotopic (exact) mass is 260 g/mol. The van der Waals surface area contributed by atoms with E-state index in [4.69, 9.17) is 9.84 Å². The largest absolute Gasteiger partial charge is 0.487 e. The lowest BCUT2D eigenvalue weighted by molar-refractivity contribution is -0.136. The molecule has 2 rings (SSSR count). The van der Waals surface area contributed by atoms with Crippen LogP contribution < -0.4 is 4.74 Å². The van der Waals surface area contributed by atoms with Gasteiger partial charge in [-0.2, -0.15) is 0 Å². The molecule has 1 N–H and O–H groups in total. The lowest BCUT2D eigenvalue weighted by Crippen LogP contribution is -2.06. The molecule has 0 unspecified atom stereocenters. The molecule has 19 heavy (non-hydrogen) atoms. The van der Waals surface area contributed by atoms with Gasteiger partial charge in [-0.1, -0.05) is 18.2 Å². The SMILES string of the molecule is CCn1cncc1COc1ccccc1CC(=O)O. The minimum absolute atomic E-state index is 0.0385. The summed E-state index contributed by atoms with van der Waals surface area (Å²) in [4.78, 5) is 14.8. The highest BCUT2D eigenvalue weighted by Gasteiger charge is 2.08. The molecule has 0 aliphatic carbocycles. The lowest BCUT2D eigenvalue weighted by Gasteiger charge is -2.11. The predicted octanol–water partition coefficient (Wildman–Crippen LogP) is 2.11. The Morgan fingerprint density at radius 1 is 1.42 bits per heavy atom. The number of aryl methyl sites for hydroxylation is 1. The minimum Gasteiger partial charge on any atom is -0.487 e. The Morgan fingerprint density at radius 3 is 2.95 bits per heavy atom. The zero-order valence-corrected chi connectivity index (χ0v) is 10.7. The zero-order chi connectivity index (χ0) is 13.7. The van der Waals surface area contributed by atoms with E-state index in [1.54, 1.807) is 30.7 Å². The number of para-hydroxylation sites is 1. The molecule has 5 nitrogen and oxygen atoms in total. The van der Waals surface area contributed by atoms with Gasteiger partial charge in [0.25, 0.3) is 0 Å². The number of hydrogen-bond donors (Lipinski definition) is 1. The van der Waals surface area contributed by atoms with E-state index in [0.29, 0.717) is 17.9 Å². The Morgan fingerprint density at radius 2 is 2.21 bits per heavy atom. The molecule has 0 bridgehead atoms. The maximum absolute atomic E-state index is 10.8. The maximum atomic E-state index is 10.8. The second kappa shape index (κ2) is 6.04. The first-order valence-electron chi connectivity index (χ1n) is 6.12. The molecule has 0 atom stereocenters. The predicted molar refractivity (Wildman–Crippen MR) is 70.0 cm³/mol. The molecule has 0 fully saturated rings. The summed E-state index contributed by atoms with van der Waals surface area (Å²) in [6, 6.07) is 7.19. The Hall–Kier alpha value is -2.30. The summed E-state index contributed by atoms with van der Waals surface area (Å²) in [7, 11) is 0. The van der Waals surface area contributed by atoms with Crippen molar-refractivity contribution in [1.29, 1.82) is 0 Å². The first-order chi connectivity index (χ1) is 9.20. The Labute approximate surface area is 111 Å². The van der Waals surface area contributed by atoms with Gasteiger partial charge in [-0.15, -0.1) is 0 Å². The molecule has 0 spiro atoms. The van der Waals surface area contributed by atoms with Crippen molar-refractivity contribution in [2.24, 2.45) is 0 Å². The van der Waals surface area contributed by atoms with Crippen LogP contribution in [0.3, 0.4) is 0 Å². The maximum Gasteiger partial charge on any atom is 0.307 e. The fourth-order valence-corrected chi connectivity index (χ4v) is 1.86. The van der Waals surface area contributed by atoms with Gasteiger partial charge in [0.1, 0.15) is 12.4 Å². The van der Waals surface area contributed by atoms with Gasteiger partial charge in [0.05, 0.1) is 24.6 Å². The second-order valence-electron chi connectivity index (χ2n) is 4.14. The first kappa shape index (κ1) is 13.1. The van der Waals surface area contributed by atoms with E-state index >= 15 is 0 Å². The van der Waals surface area contributed by atoms with Gasteiger partial charge < -0.3 is 14.4 Å². The minimum atomic E-state index is -0.866. The summed E-state index contributed by atoms with van der Waals surface area (Å²) in [6.07, 6.45) is 3.47. The number of imidazole rings is 1. The van der Waals surface area contributed by atoms with Crippen molar-refractivity contribution in [1.82, 2.24) is 9.55 Å². The molecule has 0 saturated heterocycles. The lowest BCUT2D eigenvalue weighted by atomic mass is 10.1. The van der Waals surface area contributed by atoms with E-state index in [0.717, 1.165) is 12.2 Å². The van der Waals surface area contributed by atoms with Gasteiger partial charge in [0.15, 0.2) is 0 Å². The number of carboxylic acid groups (broad SMARTS) is 1. The summed E-state index contributed by atoms with van der Waals surface area (Å²) in [6.45, 7) is 3.24. The van der Waals surface area contributed by atoms with Crippen LogP contribution in [-0.4, -0.2) is 20.6 Å². The molecule has 0 saturated carbocycles. The van der Waals surface area contributed by atoms with Crippen molar-refractivity contribution >= 4 is 5.97 Å². The van der Waals surface area contributed by atoms with Gasteiger partial charge in [-0.05, 0) is 13.0 Å². The number of carbonyl (C=O) groups is 1. The molecule has 1 heterocycles. The molecule has 1 aromatic heterocycles. The van der Waals surface area contributed by atoms with E-state index < -0.39 is 5.97 Å². The quantitative estimate of drug-likeness (QED) is 0.864. The van der Waals surface area contributed by atoms with Crippen LogP contribution in [0.2, 0.25) is 0 Å². The van der Waals surface area contributed by atoms with Crippen molar-refractivity contribution in [2.45, 2.75) is 26.5 Å². The third-order valence-corrected chi connectivity index (χ3v) is 2.83. The summed E-state index contributed by atoms with van der Waals surface area (Å²) in [5.74, 6) is -0.261. The third-order valence-electron chi connectivity index (χ3n) is 2.83. The molecule has 5 heteroatoms. The summed E-state index contributed by atoms with van der Waals surface area (Å²) < 4.78 is 7.69. The number of rotatable bonds is 6. The molecule has 2 aromatic rings. The van der Waals surface area contributed by atoms with Crippen LogP contribution in [0.4, 0.5) is 0 Å². The standard InChI is InChI=1S/C14H16N2O3/c1-2-16-10-15-8-12(16)9-19-13-6-4-3-5-11(13)7-14(17)18/h3-6,8,10H,2,7,9H2,1H3,(H,17,18). The number of nitrogens with zero attached hydrogens (tertiary/aromatic N) is 2. The van der Waals surface area contributed by atoms with Crippen molar-refractivity contribution in [3.63, 3.8) is 0 Å². The van der Waals surface area contributed by atoms with E-state index in [1.807, 2.05) is 17.6 Å². The number of benzene rings is 1. The third kappa shape index (κ3) is 3.34. The summed E-state index contributed by atoms with van der Waals surface area (Å²) in [5.41, 5.74) is 1.64. The Bertz CT molecular complexity index is 563. The molecule has 100 valence electrons. The number of ether oxygens (including phenoxy) is 1. The second-order valence-corrected chi connectivity index (χ2v) is 4.14. The highest BCUT2D eigenvalue weighted by atomic mass is 16.5. The average molecular weight is 260 g/mol. The Kier molecular flexibility index (Phi) is 4.18. The van der Waals surface area contributed by atoms with Crippen molar-refractivity contribution in [2.75, 3.05) is 0 Å². The smallest absolute Gasteiger partial charge is 0.307 e. The highest BCUT2D eigenvalue weighted by molar-refractivity contribution is 5.71. The normalized spacial score (nSPS) is 10.4. The molecular weight excluding hydrogens is 244 g/mol. The molecule has 1 aromatic carbocycles. The molecule has 0 amide bonds. The van der Waals surface area contributed by atoms with Crippen LogP contribution in [0.25, 0.3) is 0 Å². The van der Waals surface area contributed by atoms with Crippen LogP contribution in [0.5, 0.6) is 5.75 Å². The fraction of sp³-hybridized carbons (Fsp3) is 0.286. The molecule has 0 aliphatic heterocycles. The van der Waals surface area contributed by atoms with Crippen molar-refractivity contribution in [3.05, 3.63) is 48.0 Å². The molecule has 0 aliphatic rings. The van der Waals surface area contributed by atoms with Crippen molar-refractivity contribution < 1.29 is 14.6 Å². The van der Waals surface area contributed by atoms with E-state index in [1.165, 1.54) is 0 Å². The van der Waals surface area contributed by atoms with Crippen molar-refractivity contribution in [3.8, 4) is 5.75 Å². The van der Waals surface area contributed by atoms with Gasteiger partial charge in [-0.3, -0.25) is 4.79 Å². The van der Waals surface area contributed by atoms with Gasteiger partial charge in [0.2, 0.25) is 0 Å². The summed E-state index contributed by atoms with van der Waals surface area (Å²) >= 11 is 0. The number of carboxylic acids is 1. The van der Waals surface area contributed by atoms with Gasteiger partial charge >= 0.3 is 5.97 Å². The molecule has 0 radical (unpaired) electrons.